The lowest BCUT2D eigenvalue weighted by Crippen LogP contribution is -2.30. The number of rotatable bonds is 3. The molecule has 0 saturated heterocycles. The van der Waals surface area contributed by atoms with Gasteiger partial charge in [-0.2, -0.15) is 0 Å². The van der Waals surface area contributed by atoms with E-state index in [-0.39, 0.29) is 22.9 Å². The SMILES string of the molecule is NC1(COc2c(F)ccc(F)c2Cl)CC1. The van der Waals surface area contributed by atoms with E-state index in [1.165, 1.54) is 0 Å². The van der Waals surface area contributed by atoms with Crippen LogP contribution < -0.4 is 10.5 Å². The Morgan fingerprint density at radius 1 is 1.33 bits per heavy atom. The van der Waals surface area contributed by atoms with Crippen molar-refractivity contribution in [2.24, 2.45) is 5.73 Å². The van der Waals surface area contributed by atoms with Gasteiger partial charge in [-0.1, -0.05) is 11.6 Å². The minimum absolute atomic E-state index is 0.160. The van der Waals surface area contributed by atoms with Gasteiger partial charge in [0.25, 0.3) is 0 Å². The van der Waals surface area contributed by atoms with Gasteiger partial charge in [-0.05, 0) is 25.0 Å². The monoisotopic (exact) mass is 233 g/mol. The van der Waals surface area contributed by atoms with Crippen molar-refractivity contribution in [3.63, 3.8) is 0 Å². The molecule has 1 aliphatic carbocycles. The molecule has 1 aromatic carbocycles. The Morgan fingerprint density at radius 2 is 1.93 bits per heavy atom. The summed E-state index contributed by atoms with van der Waals surface area (Å²) in [7, 11) is 0. The summed E-state index contributed by atoms with van der Waals surface area (Å²) < 4.78 is 31.3. The molecule has 0 spiro atoms. The minimum atomic E-state index is -0.699. The van der Waals surface area contributed by atoms with Crippen LogP contribution in [0, 0.1) is 11.6 Å². The number of hydrogen-bond donors (Lipinski definition) is 1. The van der Waals surface area contributed by atoms with Gasteiger partial charge in [0.15, 0.2) is 11.6 Å². The third-order valence-electron chi connectivity index (χ3n) is 2.40. The van der Waals surface area contributed by atoms with Crippen LogP contribution in [0.15, 0.2) is 12.1 Å². The van der Waals surface area contributed by atoms with Gasteiger partial charge in [0.2, 0.25) is 0 Å². The normalized spacial score (nSPS) is 17.6. The van der Waals surface area contributed by atoms with Crippen LogP contribution in [-0.2, 0) is 0 Å². The molecule has 1 aliphatic rings. The highest BCUT2D eigenvalue weighted by Crippen LogP contribution is 2.35. The first-order chi connectivity index (χ1) is 7.02. The standard InChI is InChI=1S/C10H10ClF2NO/c11-8-6(12)1-2-7(13)9(8)15-5-10(14)3-4-10/h1-2H,3-5,14H2. The molecular weight excluding hydrogens is 224 g/mol. The fraction of sp³-hybridized carbons (Fsp3) is 0.400. The van der Waals surface area contributed by atoms with Crippen molar-refractivity contribution in [3.8, 4) is 5.75 Å². The van der Waals surface area contributed by atoms with Gasteiger partial charge in [0.1, 0.15) is 17.4 Å². The lowest BCUT2D eigenvalue weighted by atomic mass is 10.3. The molecule has 2 rings (SSSR count). The smallest absolute Gasteiger partial charge is 0.176 e. The van der Waals surface area contributed by atoms with Crippen molar-refractivity contribution in [1.82, 2.24) is 0 Å². The minimum Gasteiger partial charge on any atom is -0.487 e. The van der Waals surface area contributed by atoms with Gasteiger partial charge in [-0.15, -0.1) is 0 Å². The van der Waals surface area contributed by atoms with E-state index in [2.05, 4.69) is 0 Å². The summed E-state index contributed by atoms with van der Waals surface area (Å²) >= 11 is 5.57. The van der Waals surface area contributed by atoms with Crippen LogP contribution in [0.25, 0.3) is 0 Å². The second-order valence-corrected chi connectivity index (χ2v) is 4.20. The van der Waals surface area contributed by atoms with Crippen LogP contribution >= 0.6 is 11.6 Å². The summed E-state index contributed by atoms with van der Waals surface area (Å²) in [5, 5.41) is -0.334. The lowest BCUT2D eigenvalue weighted by Gasteiger charge is -2.13. The Kier molecular flexibility index (Phi) is 2.56. The molecule has 82 valence electrons. The fourth-order valence-corrected chi connectivity index (χ4v) is 1.37. The quantitative estimate of drug-likeness (QED) is 0.814. The van der Waals surface area contributed by atoms with E-state index >= 15 is 0 Å². The van der Waals surface area contributed by atoms with Crippen molar-refractivity contribution in [2.45, 2.75) is 18.4 Å². The van der Waals surface area contributed by atoms with Gasteiger partial charge >= 0.3 is 0 Å². The zero-order valence-electron chi connectivity index (χ0n) is 7.90. The van der Waals surface area contributed by atoms with Crippen LogP contribution in [0.1, 0.15) is 12.8 Å². The molecule has 1 aromatic rings. The average molecular weight is 234 g/mol. The highest BCUT2D eigenvalue weighted by molar-refractivity contribution is 6.32. The third kappa shape index (κ3) is 2.21. The third-order valence-corrected chi connectivity index (χ3v) is 2.75. The van der Waals surface area contributed by atoms with Crippen molar-refractivity contribution < 1.29 is 13.5 Å². The Balaban J connectivity index is 2.16. The summed E-state index contributed by atoms with van der Waals surface area (Å²) in [6.45, 7) is 0.160. The molecule has 0 unspecified atom stereocenters. The van der Waals surface area contributed by atoms with Crippen LogP contribution in [-0.4, -0.2) is 12.1 Å². The van der Waals surface area contributed by atoms with E-state index < -0.39 is 11.6 Å². The molecule has 0 heterocycles. The molecule has 2 N–H and O–H groups in total. The van der Waals surface area contributed by atoms with Crippen LogP contribution in [0.4, 0.5) is 8.78 Å². The number of benzene rings is 1. The highest BCUT2D eigenvalue weighted by Gasteiger charge is 2.39. The largest absolute Gasteiger partial charge is 0.487 e. The summed E-state index contributed by atoms with van der Waals surface area (Å²) in [6, 6.07) is 1.94. The molecule has 1 fully saturated rings. The van der Waals surface area contributed by atoms with E-state index in [1.54, 1.807) is 0 Å². The van der Waals surface area contributed by atoms with Crippen LogP contribution in [0.3, 0.4) is 0 Å². The van der Waals surface area contributed by atoms with E-state index in [4.69, 9.17) is 22.1 Å². The second kappa shape index (κ2) is 3.61. The van der Waals surface area contributed by atoms with E-state index in [9.17, 15) is 8.78 Å². The van der Waals surface area contributed by atoms with Gasteiger partial charge in [0.05, 0.1) is 5.54 Å². The second-order valence-electron chi connectivity index (χ2n) is 3.82. The molecule has 0 amide bonds. The Hall–Kier alpha value is -0.870. The topological polar surface area (TPSA) is 35.2 Å². The van der Waals surface area contributed by atoms with E-state index in [0.717, 1.165) is 25.0 Å². The first-order valence-electron chi connectivity index (χ1n) is 4.57. The van der Waals surface area contributed by atoms with E-state index in [0.29, 0.717) is 0 Å². The number of nitrogens with two attached hydrogens (primary N) is 1. The lowest BCUT2D eigenvalue weighted by molar-refractivity contribution is 0.266. The first kappa shape index (κ1) is 10.6. The number of ether oxygens (including phenoxy) is 1. The van der Waals surface area contributed by atoms with Gasteiger partial charge in [0, 0.05) is 0 Å². The maximum Gasteiger partial charge on any atom is 0.176 e. The molecular formula is C10H10ClF2NO. The van der Waals surface area contributed by atoms with Crippen LogP contribution in [0.5, 0.6) is 5.75 Å². The zero-order chi connectivity index (χ0) is 11.1. The van der Waals surface area contributed by atoms with Crippen molar-refractivity contribution in [2.75, 3.05) is 6.61 Å². The molecule has 2 nitrogen and oxygen atoms in total. The number of hydrogen-bond acceptors (Lipinski definition) is 2. The summed E-state index contributed by atoms with van der Waals surface area (Å²) in [6.07, 6.45) is 1.67. The van der Waals surface area contributed by atoms with Crippen molar-refractivity contribution >= 4 is 11.6 Å². The van der Waals surface area contributed by atoms with Gasteiger partial charge < -0.3 is 10.5 Å². The zero-order valence-corrected chi connectivity index (χ0v) is 8.65. The molecule has 0 atom stereocenters. The predicted molar refractivity (Wildman–Crippen MR) is 53.0 cm³/mol. The molecule has 15 heavy (non-hydrogen) atoms. The molecule has 0 bridgehead atoms. The Bertz CT molecular complexity index is 393. The summed E-state index contributed by atoms with van der Waals surface area (Å²) in [4.78, 5) is 0. The van der Waals surface area contributed by atoms with Crippen molar-refractivity contribution in [1.29, 1.82) is 0 Å². The van der Waals surface area contributed by atoms with Crippen molar-refractivity contribution in [3.05, 3.63) is 28.8 Å². The summed E-state index contributed by atoms with van der Waals surface area (Å²) in [5.41, 5.74) is 5.36. The molecule has 0 radical (unpaired) electrons. The maximum atomic E-state index is 13.2. The number of halogens is 3. The average Bonchev–Trinajstić information content (AvgIpc) is 2.91. The van der Waals surface area contributed by atoms with Gasteiger partial charge in [-0.3, -0.25) is 0 Å². The maximum absolute atomic E-state index is 13.2. The van der Waals surface area contributed by atoms with Crippen LogP contribution in [0.2, 0.25) is 5.02 Å². The molecule has 5 heteroatoms. The Morgan fingerprint density at radius 3 is 2.53 bits per heavy atom. The first-order valence-corrected chi connectivity index (χ1v) is 4.95. The molecule has 0 aromatic heterocycles. The molecule has 1 saturated carbocycles. The fourth-order valence-electron chi connectivity index (χ4n) is 1.16. The predicted octanol–water partition coefficient (Wildman–Crippen LogP) is 2.49. The Labute approximate surface area is 91.0 Å². The highest BCUT2D eigenvalue weighted by atomic mass is 35.5. The molecule has 0 aliphatic heterocycles. The summed E-state index contributed by atoms with van der Waals surface area (Å²) in [5.74, 6) is -1.63. The van der Waals surface area contributed by atoms with Gasteiger partial charge in [-0.25, -0.2) is 8.78 Å². The van der Waals surface area contributed by atoms with E-state index in [1.807, 2.05) is 0 Å².